The zero-order valence-corrected chi connectivity index (χ0v) is 12.9. The number of hydrogen-bond donors (Lipinski definition) is 1. The van der Waals surface area contributed by atoms with Gasteiger partial charge in [-0.2, -0.15) is 0 Å². The fourth-order valence-electron chi connectivity index (χ4n) is 2.25. The van der Waals surface area contributed by atoms with E-state index in [0.717, 1.165) is 17.0 Å². The third-order valence-electron chi connectivity index (χ3n) is 3.56. The molecule has 5 nitrogen and oxygen atoms in total. The van der Waals surface area contributed by atoms with Gasteiger partial charge in [0.1, 0.15) is 11.6 Å². The molecule has 0 saturated carbocycles. The van der Waals surface area contributed by atoms with E-state index >= 15 is 0 Å². The Morgan fingerprint density at radius 1 is 1.38 bits per heavy atom. The molecule has 0 aliphatic heterocycles. The van der Waals surface area contributed by atoms with Crippen molar-refractivity contribution in [3.05, 3.63) is 57.8 Å². The minimum Gasteiger partial charge on any atom is -0.496 e. The van der Waals surface area contributed by atoms with Crippen LogP contribution in [-0.2, 0) is 6.54 Å². The number of benzene rings is 1. The molecule has 1 N–H and O–H groups in total. The second kappa shape index (κ2) is 6.54. The number of nitrogens with one attached hydrogen (secondary N) is 1. The molecule has 0 spiro atoms. The molecule has 1 aromatic carbocycles. The Bertz CT molecular complexity index is 667. The fourth-order valence-corrected chi connectivity index (χ4v) is 2.25. The highest BCUT2D eigenvalue weighted by Crippen LogP contribution is 2.22. The number of H-pyrrole nitrogens is 1. The normalized spacial score (nSPS) is 12.4. The van der Waals surface area contributed by atoms with E-state index in [1.165, 1.54) is 6.07 Å². The van der Waals surface area contributed by atoms with Gasteiger partial charge < -0.3 is 9.72 Å². The van der Waals surface area contributed by atoms with Gasteiger partial charge in [-0.3, -0.25) is 9.69 Å². The van der Waals surface area contributed by atoms with Crippen LogP contribution in [-0.4, -0.2) is 29.0 Å². The van der Waals surface area contributed by atoms with Gasteiger partial charge in [0.25, 0.3) is 5.56 Å². The quantitative estimate of drug-likeness (QED) is 0.916. The van der Waals surface area contributed by atoms with Crippen LogP contribution in [0.4, 0.5) is 0 Å². The molecule has 0 saturated heterocycles. The highest BCUT2D eigenvalue weighted by molar-refractivity contribution is 5.33. The summed E-state index contributed by atoms with van der Waals surface area (Å²) in [5.74, 6) is 1.54. The van der Waals surface area contributed by atoms with Crippen molar-refractivity contribution in [2.45, 2.75) is 26.4 Å². The summed E-state index contributed by atoms with van der Waals surface area (Å²) >= 11 is 0. The van der Waals surface area contributed by atoms with Crippen LogP contribution >= 0.6 is 0 Å². The lowest BCUT2D eigenvalue weighted by molar-refractivity contribution is 0.239. The Labute approximate surface area is 124 Å². The number of aromatic nitrogens is 2. The number of aromatic amines is 1. The molecule has 1 heterocycles. The molecule has 0 aliphatic carbocycles. The molecule has 0 bridgehead atoms. The Kier molecular flexibility index (Phi) is 4.75. The standard InChI is InChI=1S/C16H21N3O2/c1-11-9-15(20)18-16(17-11)12(2)19(3)10-13-7-5-6-8-14(13)21-4/h5-9,12H,10H2,1-4H3,(H,17,18,20)/t12-/m0/s1. The van der Waals surface area contributed by atoms with Crippen LogP contribution in [0.2, 0.25) is 0 Å². The maximum Gasteiger partial charge on any atom is 0.251 e. The lowest BCUT2D eigenvalue weighted by Crippen LogP contribution is -2.26. The summed E-state index contributed by atoms with van der Waals surface area (Å²) in [7, 11) is 3.67. The van der Waals surface area contributed by atoms with E-state index in [2.05, 4.69) is 14.9 Å². The summed E-state index contributed by atoms with van der Waals surface area (Å²) in [6, 6.07) is 9.42. The number of rotatable bonds is 5. The van der Waals surface area contributed by atoms with Gasteiger partial charge in [-0.15, -0.1) is 0 Å². The van der Waals surface area contributed by atoms with Gasteiger partial charge in [0.05, 0.1) is 13.2 Å². The fraction of sp³-hybridized carbons (Fsp3) is 0.375. The zero-order valence-electron chi connectivity index (χ0n) is 12.9. The highest BCUT2D eigenvalue weighted by Gasteiger charge is 2.16. The van der Waals surface area contributed by atoms with Gasteiger partial charge >= 0.3 is 0 Å². The number of methoxy groups -OCH3 is 1. The molecule has 0 fully saturated rings. The third-order valence-corrected chi connectivity index (χ3v) is 3.56. The smallest absolute Gasteiger partial charge is 0.251 e. The van der Waals surface area contributed by atoms with E-state index < -0.39 is 0 Å². The van der Waals surface area contributed by atoms with Gasteiger partial charge in [0.15, 0.2) is 0 Å². The van der Waals surface area contributed by atoms with Crippen molar-refractivity contribution < 1.29 is 4.74 Å². The summed E-state index contributed by atoms with van der Waals surface area (Å²) in [6.45, 7) is 4.56. The van der Waals surface area contributed by atoms with Crippen LogP contribution in [0.1, 0.15) is 30.0 Å². The number of nitrogens with zero attached hydrogens (tertiary/aromatic N) is 2. The van der Waals surface area contributed by atoms with Gasteiger partial charge in [0.2, 0.25) is 0 Å². The van der Waals surface area contributed by atoms with E-state index in [-0.39, 0.29) is 11.6 Å². The van der Waals surface area contributed by atoms with E-state index in [4.69, 9.17) is 4.74 Å². The first-order chi connectivity index (χ1) is 10.0. The zero-order chi connectivity index (χ0) is 15.4. The minimum absolute atomic E-state index is 0.00233. The molecule has 0 unspecified atom stereocenters. The van der Waals surface area contributed by atoms with Crippen molar-refractivity contribution in [1.82, 2.24) is 14.9 Å². The Morgan fingerprint density at radius 3 is 2.76 bits per heavy atom. The monoisotopic (exact) mass is 287 g/mol. The predicted molar refractivity (Wildman–Crippen MR) is 82.5 cm³/mol. The average Bonchev–Trinajstić information content (AvgIpc) is 2.46. The number of hydrogen-bond acceptors (Lipinski definition) is 4. The van der Waals surface area contributed by atoms with Crippen molar-refractivity contribution in [3.8, 4) is 5.75 Å². The van der Waals surface area contributed by atoms with Crippen molar-refractivity contribution in [1.29, 1.82) is 0 Å². The molecule has 0 amide bonds. The first-order valence-corrected chi connectivity index (χ1v) is 6.91. The molecule has 0 aliphatic rings. The molecule has 2 aromatic rings. The Morgan fingerprint density at radius 2 is 2.10 bits per heavy atom. The first-order valence-electron chi connectivity index (χ1n) is 6.91. The molecule has 112 valence electrons. The summed E-state index contributed by atoms with van der Waals surface area (Å²) < 4.78 is 5.37. The lowest BCUT2D eigenvalue weighted by atomic mass is 10.1. The molecule has 21 heavy (non-hydrogen) atoms. The van der Waals surface area contributed by atoms with Crippen LogP contribution in [0.25, 0.3) is 0 Å². The van der Waals surface area contributed by atoms with Gasteiger partial charge in [-0.25, -0.2) is 4.98 Å². The first kappa shape index (κ1) is 15.3. The maximum absolute atomic E-state index is 11.6. The van der Waals surface area contributed by atoms with E-state index in [9.17, 15) is 4.79 Å². The summed E-state index contributed by atoms with van der Waals surface area (Å²) in [5.41, 5.74) is 1.71. The van der Waals surface area contributed by atoms with E-state index in [1.54, 1.807) is 7.11 Å². The van der Waals surface area contributed by atoms with Crippen molar-refractivity contribution in [2.24, 2.45) is 0 Å². The SMILES string of the molecule is COc1ccccc1CN(C)[C@@H](C)c1nc(C)cc(=O)[nH]1. The molecule has 5 heteroatoms. The number of para-hydroxylation sites is 1. The number of aryl methyl sites for hydroxylation is 1. The predicted octanol–water partition coefficient (Wildman–Crippen LogP) is 2.28. The second-order valence-corrected chi connectivity index (χ2v) is 5.17. The Balaban J connectivity index is 2.19. The van der Waals surface area contributed by atoms with Crippen molar-refractivity contribution in [3.63, 3.8) is 0 Å². The van der Waals surface area contributed by atoms with Gasteiger partial charge in [0, 0.05) is 23.9 Å². The summed E-state index contributed by atoms with van der Waals surface area (Å²) in [4.78, 5) is 20.9. The van der Waals surface area contributed by atoms with E-state index in [1.807, 2.05) is 45.2 Å². The molecular weight excluding hydrogens is 266 g/mol. The largest absolute Gasteiger partial charge is 0.496 e. The minimum atomic E-state index is -0.116. The van der Waals surface area contributed by atoms with Crippen LogP contribution in [0.3, 0.4) is 0 Å². The summed E-state index contributed by atoms with van der Waals surface area (Å²) in [6.07, 6.45) is 0. The molecule has 0 radical (unpaired) electrons. The lowest BCUT2D eigenvalue weighted by Gasteiger charge is -2.24. The summed E-state index contributed by atoms with van der Waals surface area (Å²) in [5, 5.41) is 0. The van der Waals surface area contributed by atoms with Crippen LogP contribution in [0.15, 0.2) is 35.1 Å². The van der Waals surface area contributed by atoms with Crippen LogP contribution in [0.5, 0.6) is 5.75 Å². The molecular formula is C16H21N3O2. The highest BCUT2D eigenvalue weighted by atomic mass is 16.5. The number of ether oxygens (including phenoxy) is 1. The van der Waals surface area contributed by atoms with Crippen molar-refractivity contribution >= 4 is 0 Å². The van der Waals surface area contributed by atoms with E-state index in [0.29, 0.717) is 12.4 Å². The third kappa shape index (κ3) is 3.70. The second-order valence-electron chi connectivity index (χ2n) is 5.17. The van der Waals surface area contributed by atoms with Crippen molar-refractivity contribution in [2.75, 3.05) is 14.2 Å². The van der Waals surface area contributed by atoms with Gasteiger partial charge in [-0.1, -0.05) is 18.2 Å². The molecule has 2 rings (SSSR count). The maximum atomic E-state index is 11.6. The topological polar surface area (TPSA) is 58.2 Å². The Hall–Kier alpha value is -2.14. The van der Waals surface area contributed by atoms with Gasteiger partial charge in [-0.05, 0) is 27.0 Å². The molecule has 1 atom stereocenters. The average molecular weight is 287 g/mol. The van der Waals surface area contributed by atoms with Crippen LogP contribution < -0.4 is 10.3 Å². The van der Waals surface area contributed by atoms with Crippen LogP contribution in [0, 0.1) is 6.92 Å². The molecule has 1 aromatic heterocycles.